The fourth-order valence-corrected chi connectivity index (χ4v) is 1.35. The Bertz CT molecular complexity index is 219. The van der Waals surface area contributed by atoms with Crippen LogP contribution in [0.2, 0.25) is 0 Å². The molecule has 0 aromatic carbocycles. The quantitative estimate of drug-likeness (QED) is 0.589. The van der Waals surface area contributed by atoms with Gasteiger partial charge in [0.1, 0.15) is 0 Å². The zero-order chi connectivity index (χ0) is 11.8. The summed E-state index contributed by atoms with van der Waals surface area (Å²) in [4.78, 5) is 21.6. The van der Waals surface area contributed by atoms with Gasteiger partial charge in [0.2, 0.25) is 5.91 Å². The van der Waals surface area contributed by atoms with Gasteiger partial charge in [-0.05, 0) is 13.3 Å². The zero-order valence-electron chi connectivity index (χ0n) is 9.58. The molecule has 0 bridgehead atoms. The Kier molecular flexibility index (Phi) is 6.70. The summed E-state index contributed by atoms with van der Waals surface area (Å²) in [6, 6.07) is 0.165. The van der Waals surface area contributed by atoms with Crippen molar-refractivity contribution in [3.8, 4) is 0 Å². The lowest BCUT2D eigenvalue weighted by molar-refractivity contribution is -0.145. The summed E-state index contributed by atoms with van der Waals surface area (Å²) in [5.74, 6) is -0.666. The molecule has 0 fully saturated rings. The number of amides is 1. The van der Waals surface area contributed by atoms with Crippen LogP contribution >= 0.6 is 0 Å². The van der Waals surface area contributed by atoms with E-state index in [0.29, 0.717) is 19.4 Å². The molecule has 0 saturated heterocycles. The predicted octanol–water partition coefficient (Wildman–Crippen LogP) is 0.0391. The lowest BCUT2D eigenvalue weighted by Crippen LogP contribution is -2.32. The second-order valence-electron chi connectivity index (χ2n) is 3.73. The second-order valence-corrected chi connectivity index (χ2v) is 3.73. The minimum Gasteiger partial charge on any atom is -0.469 e. The van der Waals surface area contributed by atoms with Gasteiger partial charge in [-0.25, -0.2) is 0 Å². The first-order valence-electron chi connectivity index (χ1n) is 5.06. The van der Waals surface area contributed by atoms with E-state index in [2.05, 4.69) is 10.1 Å². The van der Waals surface area contributed by atoms with Gasteiger partial charge in [0.15, 0.2) is 0 Å². The van der Waals surface area contributed by atoms with Crippen LogP contribution in [0.25, 0.3) is 0 Å². The number of rotatable bonds is 7. The summed E-state index contributed by atoms with van der Waals surface area (Å²) in [6.07, 6.45) is 1.00. The average molecular weight is 216 g/mol. The van der Waals surface area contributed by atoms with Gasteiger partial charge in [0.05, 0.1) is 13.0 Å². The molecule has 0 saturated carbocycles. The maximum atomic E-state index is 11.1. The van der Waals surface area contributed by atoms with Crippen molar-refractivity contribution in [2.45, 2.75) is 32.7 Å². The Labute approximate surface area is 90.4 Å². The minimum absolute atomic E-state index is 0.133. The largest absolute Gasteiger partial charge is 0.469 e. The first kappa shape index (κ1) is 13.9. The smallest absolute Gasteiger partial charge is 0.308 e. The third kappa shape index (κ3) is 6.90. The van der Waals surface area contributed by atoms with Crippen molar-refractivity contribution in [1.82, 2.24) is 5.32 Å². The van der Waals surface area contributed by atoms with E-state index in [1.165, 1.54) is 7.11 Å². The number of methoxy groups -OCH3 is 1. The molecule has 0 radical (unpaired) electrons. The molecule has 0 spiro atoms. The number of ether oxygens (including phenoxy) is 1. The van der Waals surface area contributed by atoms with Crippen LogP contribution in [-0.2, 0) is 14.3 Å². The van der Waals surface area contributed by atoms with Crippen molar-refractivity contribution >= 4 is 11.9 Å². The number of nitrogens with one attached hydrogen (secondary N) is 1. The van der Waals surface area contributed by atoms with Gasteiger partial charge in [0, 0.05) is 19.0 Å². The maximum Gasteiger partial charge on any atom is 0.308 e. The van der Waals surface area contributed by atoms with E-state index in [0.717, 1.165) is 0 Å². The van der Waals surface area contributed by atoms with Crippen molar-refractivity contribution in [3.05, 3.63) is 0 Å². The summed E-state index contributed by atoms with van der Waals surface area (Å²) in [5.41, 5.74) is 5.00. The van der Waals surface area contributed by atoms with Gasteiger partial charge in [-0.2, -0.15) is 0 Å². The van der Waals surface area contributed by atoms with Gasteiger partial charge < -0.3 is 15.8 Å². The number of primary amides is 1. The van der Waals surface area contributed by atoms with E-state index < -0.39 is 0 Å². The molecule has 2 atom stereocenters. The van der Waals surface area contributed by atoms with Crippen molar-refractivity contribution < 1.29 is 14.3 Å². The number of carbonyl (C=O) groups is 2. The minimum atomic E-state index is -0.323. The Morgan fingerprint density at radius 2 is 2.00 bits per heavy atom. The molecule has 5 nitrogen and oxygen atoms in total. The molecule has 0 aliphatic heterocycles. The number of hydrogen-bond donors (Lipinski definition) is 2. The SMILES string of the molecule is COC(=O)C(C)CC(C)NCCC(N)=O. The van der Waals surface area contributed by atoms with Crippen molar-refractivity contribution in [3.63, 3.8) is 0 Å². The second kappa shape index (κ2) is 7.23. The van der Waals surface area contributed by atoms with Crippen LogP contribution in [0, 0.1) is 5.92 Å². The third-order valence-corrected chi connectivity index (χ3v) is 2.17. The Morgan fingerprint density at radius 3 is 2.47 bits per heavy atom. The summed E-state index contributed by atoms with van der Waals surface area (Å²) in [5, 5.41) is 3.12. The van der Waals surface area contributed by atoms with Gasteiger partial charge in [-0.1, -0.05) is 6.92 Å². The molecule has 15 heavy (non-hydrogen) atoms. The van der Waals surface area contributed by atoms with E-state index in [-0.39, 0.29) is 23.8 Å². The summed E-state index contributed by atoms with van der Waals surface area (Å²) >= 11 is 0. The predicted molar refractivity (Wildman–Crippen MR) is 57.1 cm³/mol. The van der Waals surface area contributed by atoms with E-state index >= 15 is 0 Å². The molecule has 0 rings (SSSR count). The molecule has 0 aromatic rings. The summed E-state index contributed by atoms with van der Waals surface area (Å²) in [6.45, 7) is 4.32. The molecular formula is C10H20N2O3. The molecule has 1 amide bonds. The van der Waals surface area contributed by atoms with Crippen LogP contribution in [0.1, 0.15) is 26.7 Å². The monoisotopic (exact) mass is 216 g/mol. The van der Waals surface area contributed by atoms with Crippen LogP contribution < -0.4 is 11.1 Å². The Morgan fingerprint density at radius 1 is 1.40 bits per heavy atom. The lowest BCUT2D eigenvalue weighted by atomic mass is 10.0. The van der Waals surface area contributed by atoms with Crippen molar-refractivity contribution in [2.24, 2.45) is 11.7 Å². The summed E-state index contributed by atoms with van der Waals surface area (Å²) < 4.78 is 4.61. The zero-order valence-corrected chi connectivity index (χ0v) is 9.58. The van der Waals surface area contributed by atoms with Gasteiger partial charge in [-0.3, -0.25) is 9.59 Å². The molecule has 2 unspecified atom stereocenters. The topological polar surface area (TPSA) is 81.4 Å². The molecule has 5 heteroatoms. The number of hydrogen-bond acceptors (Lipinski definition) is 4. The van der Waals surface area contributed by atoms with Gasteiger partial charge in [0.25, 0.3) is 0 Å². The van der Waals surface area contributed by atoms with Crippen LogP contribution in [0.15, 0.2) is 0 Å². The van der Waals surface area contributed by atoms with Gasteiger partial charge >= 0.3 is 5.97 Å². The third-order valence-electron chi connectivity index (χ3n) is 2.17. The highest BCUT2D eigenvalue weighted by Gasteiger charge is 2.16. The molecule has 0 aliphatic carbocycles. The lowest BCUT2D eigenvalue weighted by Gasteiger charge is -2.16. The van der Waals surface area contributed by atoms with E-state index in [1.54, 1.807) is 0 Å². The average Bonchev–Trinajstić information content (AvgIpc) is 2.15. The molecule has 88 valence electrons. The fourth-order valence-electron chi connectivity index (χ4n) is 1.35. The molecule has 3 N–H and O–H groups in total. The first-order chi connectivity index (χ1) is 6.97. The van der Waals surface area contributed by atoms with E-state index in [9.17, 15) is 9.59 Å². The Hall–Kier alpha value is -1.10. The van der Waals surface area contributed by atoms with Crippen LogP contribution in [-0.4, -0.2) is 31.6 Å². The highest BCUT2D eigenvalue weighted by Crippen LogP contribution is 2.07. The van der Waals surface area contributed by atoms with Crippen molar-refractivity contribution in [1.29, 1.82) is 0 Å². The highest BCUT2D eigenvalue weighted by atomic mass is 16.5. The fraction of sp³-hybridized carbons (Fsp3) is 0.800. The summed E-state index contributed by atoms with van der Waals surface area (Å²) in [7, 11) is 1.38. The van der Waals surface area contributed by atoms with E-state index in [4.69, 9.17) is 5.73 Å². The van der Waals surface area contributed by atoms with Crippen LogP contribution in [0.3, 0.4) is 0 Å². The number of carbonyl (C=O) groups excluding carboxylic acids is 2. The number of esters is 1. The standard InChI is InChI=1S/C10H20N2O3/c1-7(10(14)15-3)6-8(2)12-5-4-9(11)13/h7-8,12H,4-6H2,1-3H3,(H2,11,13). The maximum absolute atomic E-state index is 11.1. The molecule has 0 heterocycles. The van der Waals surface area contributed by atoms with Gasteiger partial charge in [-0.15, -0.1) is 0 Å². The van der Waals surface area contributed by atoms with Crippen LogP contribution in [0.4, 0.5) is 0 Å². The Balaban J connectivity index is 3.68. The normalized spacial score (nSPS) is 14.3. The highest BCUT2D eigenvalue weighted by molar-refractivity contribution is 5.73. The number of nitrogens with two attached hydrogens (primary N) is 1. The molecule has 0 aromatic heterocycles. The van der Waals surface area contributed by atoms with E-state index in [1.807, 2.05) is 13.8 Å². The van der Waals surface area contributed by atoms with Crippen LogP contribution in [0.5, 0.6) is 0 Å². The molecular weight excluding hydrogens is 196 g/mol. The molecule has 0 aliphatic rings. The first-order valence-corrected chi connectivity index (χ1v) is 5.06. The van der Waals surface area contributed by atoms with Crippen molar-refractivity contribution in [2.75, 3.05) is 13.7 Å².